The maximum Gasteiger partial charge on any atom is 0.227 e. The summed E-state index contributed by atoms with van der Waals surface area (Å²) >= 11 is 0. The number of nitrogen functional groups attached to an aromatic ring is 1. The molecule has 0 fully saturated rings. The van der Waals surface area contributed by atoms with Crippen molar-refractivity contribution in [1.29, 1.82) is 0 Å². The van der Waals surface area contributed by atoms with Gasteiger partial charge >= 0.3 is 0 Å². The standard InChI is InChI=1S/C29H37N7O/c1-19(2)21-16-26(35(5)13-12-34(3)4)22(30)17-24(21)33-29-31-11-10-23(32-29)28-20-8-6-7-9-25(20)36-14-15-37-18-27(28)36/h6-11,16-17,19H,12-15,18,30H2,1-5H3,(H,31,32,33). The summed E-state index contributed by atoms with van der Waals surface area (Å²) in [6.45, 7) is 8.38. The predicted octanol–water partition coefficient (Wildman–Crippen LogP) is 5.08. The molecule has 2 aromatic carbocycles. The van der Waals surface area contributed by atoms with Gasteiger partial charge in [0.1, 0.15) is 0 Å². The fourth-order valence-corrected chi connectivity index (χ4v) is 5.06. The van der Waals surface area contributed by atoms with E-state index in [2.05, 4.69) is 90.0 Å². The number of nitrogens with two attached hydrogens (primary N) is 1. The fraction of sp³-hybridized carbons (Fsp3) is 0.379. The number of para-hydroxylation sites is 1. The summed E-state index contributed by atoms with van der Waals surface area (Å²) in [4.78, 5) is 13.9. The van der Waals surface area contributed by atoms with E-state index in [4.69, 9.17) is 15.5 Å². The number of aromatic nitrogens is 3. The van der Waals surface area contributed by atoms with Crippen molar-refractivity contribution in [3.05, 3.63) is 59.9 Å². The summed E-state index contributed by atoms with van der Waals surface area (Å²) in [6, 6.07) is 14.7. The van der Waals surface area contributed by atoms with Gasteiger partial charge in [0.25, 0.3) is 0 Å². The molecule has 0 amide bonds. The molecule has 8 heteroatoms. The van der Waals surface area contributed by atoms with Gasteiger partial charge in [-0.25, -0.2) is 9.97 Å². The zero-order valence-electron chi connectivity index (χ0n) is 22.5. The van der Waals surface area contributed by atoms with Crippen LogP contribution in [0.25, 0.3) is 22.2 Å². The number of ether oxygens (including phenoxy) is 1. The smallest absolute Gasteiger partial charge is 0.227 e. The highest BCUT2D eigenvalue weighted by molar-refractivity contribution is 5.97. The molecule has 1 aliphatic rings. The van der Waals surface area contributed by atoms with E-state index in [0.29, 0.717) is 18.5 Å². The molecule has 2 aromatic heterocycles. The van der Waals surface area contributed by atoms with Crippen LogP contribution in [0, 0.1) is 0 Å². The number of hydrogen-bond acceptors (Lipinski definition) is 7. The van der Waals surface area contributed by atoms with Crippen LogP contribution in [0.2, 0.25) is 0 Å². The molecule has 0 unspecified atom stereocenters. The first-order chi connectivity index (χ1) is 17.8. The summed E-state index contributed by atoms with van der Waals surface area (Å²) < 4.78 is 8.18. The van der Waals surface area contributed by atoms with Gasteiger partial charge in [0.2, 0.25) is 5.95 Å². The second-order valence-electron chi connectivity index (χ2n) is 10.3. The van der Waals surface area contributed by atoms with E-state index in [1.807, 2.05) is 18.3 Å². The quantitative estimate of drug-likeness (QED) is 0.327. The van der Waals surface area contributed by atoms with Gasteiger partial charge in [0.15, 0.2) is 0 Å². The summed E-state index contributed by atoms with van der Waals surface area (Å²) in [5.74, 6) is 0.847. The number of rotatable bonds is 8. The van der Waals surface area contributed by atoms with Crippen LogP contribution >= 0.6 is 0 Å². The predicted molar refractivity (Wildman–Crippen MR) is 153 cm³/mol. The fourth-order valence-electron chi connectivity index (χ4n) is 5.06. The topological polar surface area (TPSA) is 84.5 Å². The molecule has 0 saturated carbocycles. The second kappa shape index (κ2) is 10.4. The SMILES string of the molecule is CC(C)c1cc(N(C)CCN(C)C)c(N)cc1Nc1nccc(-c2c3n(c4ccccc24)CCOC3)n1. The molecule has 4 aromatic rings. The van der Waals surface area contributed by atoms with E-state index in [1.54, 1.807) is 0 Å². The lowest BCUT2D eigenvalue weighted by molar-refractivity contribution is 0.0869. The van der Waals surface area contributed by atoms with Crippen LogP contribution in [-0.4, -0.2) is 60.3 Å². The van der Waals surface area contributed by atoms with Crippen LogP contribution < -0.4 is 16.0 Å². The monoisotopic (exact) mass is 499 g/mol. The molecular weight excluding hydrogens is 462 g/mol. The molecular formula is C29H37N7O. The third-order valence-corrected chi connectivity index (χ3v) is 7.05. The highest BCUT2D eigenvalue weighted by Gasteiger charge is 2.22. The van der Waals surface area contributed by atoms with Gasteiger partial charge in [0.05, 0.1) is 36.0 Å². The van der Waals surface area contributed by atoms with Gasteiger partial charge in [-0.3, -0.25) is 0 Å². The lowest BCUT2D eigenvalue weighted by atomic mass is 9.99. The number of fused-ring (bicyclic) bond motifs is 3. The van der Waals surface area contributed by atoms with Crippen molar-refractivity contribution in [1.82, 2.24) is 19.4 Å². The molecule has 0 radical (unpaired) electrons. The van der Waals surface area contributed by atoms with E-state index in [-0.39, 0.29) is 0 Å². The first-order valence-electron chi connectivity index (χ1n) is 12.9. The number of benzene rings is 2. The van der Waals surface area contributed by atoms with Crippen molar-refractivity contribution in [2.75, 3.05) is 56.8 Å². The van der Waals surface area contributed by atoms with Gasteiger partial charge in [-0.15, -0.1) is 0 Å². The van der Waals surface area contributed by atoms with Crippen molar-refractivity contribution in [2.45, 2.75) is 32.9 Å². The highest BCUT2D eigenvalue weighted by Crippen LogP contribution is 2.38. The Morgan fingerprint density at radius 2 is 1.92 bits per heavy atom. The largest absolute Gasteiger partial charge is 0.397 e. The maximum absolute atomic E-state index is 6.54. The molecule has 5 rings (SSSR count). The van der Waals surface area contributed by atoms with E-state index in [0.717, 1.165) is 60.3 Å². The zero-order chi connectivity index (χ0) is 26.1. The van der Waals surface area contributed by atoms with Gasteiger partial charge in [-0.05, 0) is 49.8 Å². The Morgan fingerprint density at radius 1 is 1.11 bits per heavy atom. The normalized spacial score (nSPS) is 13.4. The third-order valence-electron chi connectivity index (χ3n) is 7.05. The second-order valence-corrected chi connectivity index (χ2v) is 10.3. The van der Waals surface area contributed by atoms with Gasteiger partial charge in [-0.1, -0.05) is 32.0 Å². The van der Waals surface area contributed by atoms with E-state index in [1.165, 1.54) is 16.5 Å². The number of nitrogens with zero attached hydrogens (tertiary/aromatic N) is 5. The molecule has 0 saturated heterocycles. The Labute approximate surface area is 219 Å². The number of hydrogen-bond donors (Lipinski definition) is 2. The summed E-state index contributed by atoms with van der Waals surface area (Å²) in [5, 5.41) is 4.66. The van der Waals surface area contributed by atoms with Crippen molar-refractivity contribution < 1.29 is 4.74 Å². The Bertz CT molecular complexity index is 1410. The Hall–Kier alpha value is -3.62. The molecule has 194 valence electrons. The minimum absolute atomic E-state index is 0.298. The van der Waals surface area contributed by atoms with Crippen LogP contribution in [-0.2, 0) is 17.9 Å². The van der Waals surface area contributed by atoms with Crippen molar-refractivity contribution in [3.8, 4) is 11.3 Å². The summed E-state index contributed by atoms with van der Waals surface area (Å²) in [7, 11) is 6.25. The Balaban J connectivity index is 1.50. The molecule has 0 bridgehead atoms. The molecule has 0 atom stereocenters. The first kappa shape index (κ1) is 25.0. The third kappa shape index (κ3) is 4.99. The molecule has 3 N–H and O–H groups in total. The molecule has 1 aliphatic heterocycles. The molecule has 3 heterocycles. The molecule has 37 heavy (non-hydrogen) atoms. The summed E-state index contributed by atoms with van der Waals surface area (Å²) in [6.07, 6.45) is 1.81. The zero-order valence-corrected chi connectivity index (χ0v) is 22.5. The average molecular weight is 500 g/mol. The van der Waals surface area contributed by atoms with Crippen LogP contribution in [0.15, 0.2) is 48.7 Å². The average Bonchev–Trinajstić information content (AvgIpc) is 3.22. The minimum atomic E-state index is 0.298. The van der Waals surface area contributed by atoms with Crippen LogP contribution in [0.4, 0.5) is 23.0 Å². The van der Waals surface area contributed by atoms with Gasteiger partial charge in [-0.2, -0.15) is 0 Å². The minimum Gasteiger partial charge on any atom is -0.397 e. The molecule has 0 spiro atoms. The number of nitrogens with one attached hydrogen (secondary N) is 1. The first-order valence-corrected chi connectivity index (χ1v) is 12.9. The number of likely N-dealkylation sites (N-methyl/N-ethyl adjacent to an activating group) is 2. The lowest BCUT2D eigenvalue weighted by Crippen LogP contribution is -2.29. The van der Waals surface area contributed by atoms with Crippen molar-refractivity contribution in [2.24, 2.45) is 0 Å². The molecule has 8 nitrogen and oxygen atoms in total. The van der Waals surface area contributed by atoms with Gasteiger partial charge in [0, 0.05) is 55.0 Å². The van der Waals surface area contributed by atoms with Crippen LogP contribution in [0.1, 0.15) is 31.0 Å². The van der Waals surface area contributed by atoms with E-state index < -0.39 is 0 Å². The van der Waals surface area contributed by atoms with Gasteiger partial charge < -0.3 is 30.2 Å². The maximum atomic E-state index is 6.54. The van der Waals surface area contributed by atoms with E-state index >= 15 is 0 Å². The molecule has 0 aliphatic carbocycles. The highest BCUT2D eigenvalue weighted by atomic mass is 16.5. The van der Waals surface area contributed by atoms with Crippen molar-refractivity contribution in [3.63, 3.8) is 0 Å². The lowest BCUT2D eigenvalue weighted by Gasteiger charge is -2.25. The van der Waals surface area contributed by atoms with Crippen LogP contribution in [0.5, 0.6) is 0 Å². The Kier molecular flexibility index (Phi) is 7.04. The summed E-state index contributed by atoms with van der Waals surface area (Å²) in [5.41, 5.74) is 14.8. The van der Waals surface area contributed by atoms with Crippen LogP contribution in [0.3, 0.4) is 0 Å². The number of anilines is 4. The Morgan fingerprint density at radius 3 is 2.70 bits per heavy atom. The van der Waals surface area contributed by atoms with Crippen molar-refractivity contribution >= 4 is 33.9 Å². The van der Waals surface area contributed by atoms with E-state index in [9.17, 15) is 0 Å².